The number of esters is 3. The van der Waals surface area contributed by atoms with Crippen LogP contribution in [0.5, 0.6) is 5.75 Å². The lowest BCUT2D eigenvalue weighted by Gasteiger charge is -2.43. The third kappa shape index (κ3) is 5.87. The van der Waals surface area contributed by atoms with E-state index < -0.39 is 60.1 Å². The normalized spacial score (nSPS) is 25.7. The molecule has 1 aromatic carbocycles. The number of nitro benzene ring substituents is 1. The Labute approximate surface area is 170 Å². The van der Waals surface area contributed by atoms with Crippen molar-refractivity contribution in [2.45, 2.75) is 51.5 Å². The summed E-state index contributed by atoms with van der Waals surface area (Å²) in [5.74, 6) is -2.15. The number of nitrogens with zero attached hydrogens (tertiary/aromatic N) is 1. The first-order chi connectivity index (χ1) is 14.1. The Morgan fingerprint density at radius 1 is 0.967 bits per heavy atom. The maximum atomic E-state index is 11.6. The van der Waals surface area contributed by atoms with Gasteiger partial charge in [-0.25, -0.2) is 0 Å². The van der Waals surface area contributed by atoms with Gasteiger partial charge in [0, 0.05) is 32.9 Å². The molecule has 2 rings (SSSR count). The van der Waals surface area contributed by atoms with Crippen LogP contribution in [0, 0.1) is 10.1 Å². The molecule has 164 valence electrons. The second-order valence-electron chi connectivity index (χ2n) is 6.32. The van der Waals surface area contributed by atoms with Crippen molar-refractivity contribution in [2.24, 2.45) is 0 Å². The third-order valence-corrected chi connectivity index (χ3v) is 3.98. The van der Waals surface area contributed by atoms with Crippen LogP contribution in [-0.2, 0) is 33.3 Å². The molecule has 0 spiro atoms. The minimum absolute atomic E-state index is 0.118. The molecule has 12 heteroatoms. The molecular weight excluding hydrogens is 406 g/mol. The number of aliphatic hydroxyl groups excluding tert-OH is 1. The van der Waals surface area contributed by atoms with Gasteiger partial charge in [0.1, 0.15) is 11.9 Å². The Bertz CT molecular complexity index is 794. The summed E-state index contributed by atoms with van der Waals surface area (Å²) in [7, 11) is 0. The Kier molecular flexibility index (Phi) is 7.66. The van der Waals surface area contributed by atoms with Gasteiger partial charge in [0.15, 0.2) is 12.2 Å². The van der Waals surface area contributed by atoms with E-state index in [1.54, 1.807) is 0 Å². The summed E-state index contributed by atoms with van der Waals surface area (Å²) in [5, 5.41) is 20.5. The number of rotatable bonds is 7. The fraction of sp³-hybridized carbons (Fsp3) is 0.500. The lowest BCUT2D eigenvalue weighted by molar-refractivity contribution is -0.384. The van der Waals surface area contributed by atoms with Crippen LogP contribution in [0.1, 0.15) is 20.8 Å². The molecule has 0 aliphatic carbocycles. The van der Waals surface area contributed by atoms with E-state index in [0.29, 0.717) is 0 Å². The molecule has 0 unspecified atom stereocenters. The minimum atomic E-state index is -1.39. The summed E-state index contributed by atoms with van der Waals surface area (Å²) in [4.78, 5) is 45.0. The molecule has 5 atom stereocenters. The van der Waals surface area contributed by atoms with Crippen molar-refractivity contribution < 1.29 is 48.1 Å². The van der Waals surface area contributed by atoms with Crippen LogP contribution >= 0.6 is 0 Å². The lowest BCUT2D eigenvalue weighted by Crippen LogP contribution is -2.63. The van der Waals surface area contributed by atoms with Gasteiger partial charge in [0.05, 0.1) is 11.5 Å². The van der Waals surface area contributed by atoms with Crippen LogP contribution in [0.4, 0.5) is 5.69 Å². The fourth-order valence-electron chi connectivity index (χ4n) is 2.88. The van der Waals surface area contributed by atoms with Crippen molar-refractivity contribution in [3.05, 3.63) is 34.4 Å². The van der Waals surface area contributed by atoms with Crippen LogP contribution in [0.25, 0.3) is 0 Å². The van der Waals surface area contributed by atoms with E-state index in [1.165, 1.54) is 24.3 Å². The highest BCUT2D eigenvalue weighted by atomic mass is 16.7. The highest BCUT2D eigenvalue weighted by Crippen LogP contribution is 2.31. The van der Waals surface area contributed by atoms with Crippen LogP contribution in [0.2, 0.25) is 0 Å². The third-order valence-electron chi connectivity index (χ3n) is 3.98. The van der Waals surface area contributed by atoms with Gasteiger partial charge < -0.3 is 28.8 Å². The van der Waals surface area contributed by atoms with Gasteiger partial charge in [0.2, 0.25) is 12.4 Å². The zero-order chi connectivity index (χ0) is 22.4. The Hall–Kier alpha value is -3.25. The largest absolute Gasteiger partial charge is 0.461 e. The number of hydrogen-bond donors (Lipinski definition) is 1. The Morgan fingerprint density at radius 2 is 1.47 bits per heavy atom. The Morgan fingerprint density at radius 3 is 1.93 bits per heavy atom. The van der Waals surface area contributed by atoms with E-state index in [2.05, 4.69) is 0 Å². The number of non-ortho nitro benzene ring substituents is 1. The van der Waals surface area contributed by atoms with Crippen molar-refractivity contribution in [2.75, 3.05) is 6.61 Å². The first-order valence-corrected chi connectivity index (χ1v) is 8.81. The van der Waals surface area contributed by atoms with E-state index in [4.69, 9.17) is 23.7 Å². The average Bonchev–Trinajstić information content (AvgIpc) is 2.65. The van der Waals surface area contributed by atoms with E-state index >= 15 is 0 Å². The summed E-state index contributed by atoms with van der Waals surface area (Å²) < 4.78 is 26.8. The number of aliphatic hydroxyl groups is 1. The van der Waals surface area contributed by atoms with Crippen LogP contribution in [0.15, 0.2) is 24.3 Å². The summed E-state index contributed by atoms with van der Waals surface area (Å²) >= 11 is 0. The van der Waals surface area contributed by atoms with E-state index in [9.17, 15) is 29.6 Å². The first-order valence-electron chi connectivity index (χ1n) is 8.81. The predicted octanol–water partition coefficient (Wildman–Crippen LogP) is 0.486. The molecule has 1 N–H and O–H groups in total. The summed E-state index contributed by atoms with van der Waals surface area (Å²) in [6, 6.07) is 4.96. The number of nitro groups is 1. The van der Waals surface area contributed by atoms with Gasteiger partial charge in [-0.15, -0.1) is 0 Å². The van der Waals surface area contributed by atoms with Crippen molar-refractivity contribution >= 4 is 23.6 Å². The second kappa shape index (κ2) is 9.98. The van der Waals surface area contributed by atoms with E-state index in [1.807, 2.05) is 0 Å². The van der Waals surface area contributed by atoms with Gasteiger partial charge in [-0.05, 0) is 12.1 Å². The van der Waals surface area contributed by atoms with Gasteiger partial charge in [-0.2, -0.15) is 0 Å². The van der Waals surface area contributed by atoms with E-state index in [0.717, 1.165) is 20.8 Å². The molecule has 12 nitrogen and oxygen atoms in total. The second-order valence-corrected chi connectivity index (χ2v) is 6.32. The standard InChI is InChI=1S/C18H21NO11/c1-9(21)26-15-14(8-20)30-18(17(28-11(3)23)16(15)27-10(2)22)29-13-6-4-12(5-7-13)19(24)25/h4-7,14-18,20H,8H2,1-3H3/t14-,15-,16+,17-,18-/m1/s1. The molecule has 0 radical (unpaired) electrons. The highest BCUT2D eigenvalue weighted by Gasteiger charge is 2.52. The Balaban J connectivity index is 2.38. The zero-order valence-corrected chi connectivity index (χ0v) is 16.4. The monoisotopic (exact) mass is 427 g/mol. The van der Waals surface area contributed by atoms with Crippen molar-refractivity contribution in [3.63, 3.8) is 0 Å². The molecule has 1 heterocycles. The van der Waals surface area contributed by atoms with Gasteiger partial charge in [0.25, 0.3) is 5.69 Å². The first kappa shape index (κ1) is 23.0. The fourth-order valence-corrected chi connectivity index (χ4v) is 2.88. The predicted molar refractivity (Wildman–Crippen MR) is 96.1 cm³/mol. The molecule has 1 fully saturated rings. The minimum Gasteiger partial charge on any atom is -0.461 e. The molecule has 1 aliphatic heterocycles. The molecule has 0 bridgehead atoms. The zero-order valence-electron chi connectivity index (χ0n) is 16.4. The van der Waals surface area contributed by atoms with Crippen LogP contribution < -0.4 is 4.74 Å². The molecule has 1 saturated heterocycles. The average molecular weight is 427 g/mol. The number of carbonyl (C=O) groups excluding carboxylic acids is 3. The van der Waals surface area contributed by atoms with Crippen LogP contribution in [0.3, 0.4) is 0 Å². The number of benzene rings is 1. The molecule has 0 amide bonds. The van der Waals surface area contributed by atoms with E-state index in [-0.39, 0.29) is 11.4 Å². The SMILES string of the molecule is CC(=O)O[C@@H]1[C@@H](OC(C)=O)[C@H](Oc2ccc([N+](=O)[O-])cc2)O[C@H](CO)[C@H]1OC(C)=O. The highest BCUT2D eigenvalue weighted by molar-refractivity contribution is 5.68. The quantitative estimate of drug-likeness (QED) is 0.279. The molecule has 1 aromatic rings. The number of carbonyl (C=O) groups is 3. The van der Waals surface area contributed by atoms with Crippen molar-refractivity contribution in [3.8, 4) is 5.75 Å². The number of hydrogen-bond acceptors (Lipinski definition) is 11. The smallest absolute Gasteiger partial charge is 0.303 e. The molecule has 0 aromatic heterocycles. The summed E-state index contributed by atoms with van der Waals surface area (Å²) in [6.07, 6.45) is -6.55. The lowest BCUT2D eigenvalue weighted by atomic mass is 9.98. The topological polar surface area (TPSA) is 161 Å². The molecule has 0 saturated carbocycles. The molecule has 30 heavy (non-hydrogen) atoms. The number of ether oxygens (including phenoxy) is 5. The maximum absolute atomic E-state index is 11.6. The van der Waals surface area contributed by atoms with Crippen molar-refractivity contribution in [1.29, 1.82) is 0 Å². The summed E-state index contributed by atoms with van der Waals surface area (Å²) in [6.45, 7) is 2.68. The molecule has 1 aliphatic rings. The van der Waals surface area contributed by atoms with Crippen molar-refractivity contribution in [1.82, 2.24) is 0 Å². The molecular formula is C18H21NO11. The van der Waals surface area contributed by atoms with Crippen LogP contribution in [-0.4, -0.2) is 65.3 Å². The maximum Gasteiger partial charge on any atom is 0.303 e. The summed E-state index contributed by atoms with van der Waals surface area (Å²) in [5.41, 5.74) is -0.176. The van der Waals surface area contributed by atoms with Gasteiger partial charge >= 0.3 is 17.9 Å². The van der Waals surface area contributed by atoms with Gasteiger partial charge in [-0.1, -0.05) is 0 Å². The van der Waals surface area contributed by atoms with Gasteiger partial charge in [-0.3, -0.25) is 24.5 Å².